The highest BCUT2D eigenvalue weighted by Gasteiger charge is 2.36. The molecule has 1 atom stereocenters. The monoisotopic (exact) mass is 336 g/mol. The molecule has 2 rings (SSSR count). The Morgan fingerprint density at radius 2 is 1.16 bits per heavy atom. The molecule has 0 saturated carbocycles. The van der Waals surface area contributed by atoms with Crippen LogP contribution in [0.2, 0.25) is 0 Å². The van der Waals surface area contributed by atoms with Crippen molar-refractivity contribution in [2.45, 2.75) is 20.3 Å². The number of rotatable bonds is 8. The van der Waals surface area contributed by atoms with Crippen molar-refractivity contribution in [2.24, 2.45) is 11.8 Å². The molecule has 0 radical (unpaired) electrons. The van der Waals surface area contributed by atoms with Crippen molar-refractivity contribution in [2.75, 3.05) is 0 Å². The summed E-state index contributed by atoms with van der Waals surface area (Å²) in [6.45, 7) is 2.56. The number of hydrogen-bond acceptors (Lipinski definition) is 4. The minimum Gasteiger partial charge on any atom is -0.299 e. The molecule has 0 aliphatic rings. The van der Waals surface area contributed by atoms with Crippen molar-refractivity contribution in [3.63, 3.8) is 0 Å². The van der Waals surface area contributed by atoms with Crippen molar-refractivity contribution >= 4 is 23.1 Å². The second kappa shape index (κ2) is 8.29. The molecule has 0 aromatic heterocycles. The normalized spacial score (nSPS) is 11.8. The first-order chi connectivity index (χ1) is 11.9. The zero-order valence-electron chi connectivity index (χ0n) is 14.3. The largest absolute Gasteiger partial charge is 0.299 e. The summed E-state index contributed by atoms with van der Waals surface area (Å²) in [6, 6.07) is 17.0. The Morgan fingerprint density at radius 3 is 1.60 bits per heavy atom. The average Bonchev–Trinajstić information content (AvgIpc) is 2.61. The van der Waals surface area contributed by atoms with E-state index in [9.17, 15) is 19.2 Å². The molecule has 4 heteroatoms. The Hall–Kier alpha value is -2.88. The Balaban J connectivity index is 2.38. The molecule has 0 aliphatic heterocycles. The third kappa shape index (κ3) is 4.57. The fraction of sp³-hybridized carbons (Fsp3) is 0.238. The van der Waals surface area contributed by atoms with Crippen LogP contribution in [-0.4, -0.2) is 23.1 Å². The lowest BCUT2D eigenvalue weighted by Gasteiger charge is -2.22. The van der Waals surface area contributed by atoms with Gasteiger partial charge in [0.15, 0.2) is 11.6 Å². The Morgan fingerprint density at radius 1 is 0.720 bits per heavy atom. The molecule has 0 saturated heterocycles. The lowest BCUT2D eigenvalue weighted by Crippen LogP contribution is -2.35. The van der Waals surface area contributed by atoms with Crippen LogP contribution in [0.25, 0.3) is 0 Å². The summed E-state index contributed by atoms with van der Waals surface area (Å²) in [6.07, 6.45) is -0.179. The third-order valence-electron chi connectivity index (χ3n) is 4.17. The molecule has 0 spiro atoms. The minimum atomic E-state index is -1.11. The van der Waals surface area contributed by atoms with E-state index in [0.29, 0.717) is 11.1 Å². The van der Waals surface area contributed by atoms with E-state index in [0.717, 1.165) is 0 Å². The number of hydrogen-bond donors (Lipinski definition) is 0. The average molecular weight is 336 g/mol. The van der Waals surface area contributed by atoms with Crippen LogP contribution in [-0.2, 0) is 9.59 Å². The molecule has 0 N–H and O–H groups in total. The van der Waals surface area contributed by atoms with Gasteiger partial charge in [0, 0.05) is 23.5 Å². The number of carbonyl (C=O) groups excluding carboxylic acids is 4. The first-order valence-electron chi connectivity index (χ1n) is 8.10. The predicted octanol–water partition coefficient (Wildman–Crippen LogP) is 3.55. The quantitative estimate of drug-likeness (QED) is 0.546. The SMILES string of the molecule is CC(=O)C(C(C)=O)C(CC(=O)c1ccccc1)C(=O)c1ccccc1. The fourth-order valence-corrected chi connectivity index (χ4v) is 2.97. The standard InChI is InChI=1S/C21H20O4/c1-14(22)20(15(2)23)18(21(25)17-11-7-4-8-12-17)13-19(24)16-9-5-3-6-10-16/h3-12,18,20H,13H2,1-2H3. The van der Waals surface area contributed by atoms with Crippen LogP contribution in [0.3, 0.4) is 0 Å². The molecule has 25 heavy (non-hydrogen) atoms. The maximum atomic E-state index is 12.9. The molecule has 128 valence electrons. The number of ketones is 4. The summed E-state index contributed by atoms with van der Waals surface area (Å²) in [7, 11) is 0. The molecule has 0 heterocycles. The topological polar surface area (TPSA) is 68.3 Å². The van der Waals surface area contributed by atoms with Crippen LogP contribution in [0.1, 0.15) is 41.0 Å². The van der Waals surface area contributed by atoms with Crippen LogP contribution in [0.5, 0.6) is 0 Å². The van der Waals surface area contributed by atoms with Gasteiger partial charge in [0.25, 0.3) is 0 Å². The van der Waals surface area contributed by atoms with E-state index in [1.807, 2.05) is 0 Å². The van der Waals surface area contributed by atoms with Gasteiger partial charge < -0.3 is 0 Å². The van der Waals surface area contributed by atoms with Gasteiger partial charge in [-0.25, -0.2) is 0 Å². The van der Waals surface area contributed by atoms with Crippen molar-refractivity contribution in [3.8, 4) is 0 Å². The summed E-state index contributed by atoms with van der Waals surface area (Å²) >= 11 is 0. The van der Waals surface area contributed by atoms with Gasteiger partial charge in [-0.1, -0.05) is 60.7 Å². The first kappa shape index (κ1) is 18.5. The lowest BCUT2D eigenvalue weighted by atomic mass is 9.77. The first-order valence-corrected chi connectivity index (χ1v) is 8.10. The molecule has 0 bridgehead atoms. The number of benzene rings is 2. The van der Waals surface area contributed by atoms with E-state index < -0.39 is 23.4 Å². The van der Waals surface area contributed by atoms with E-state index in [1.165, 1.54) is 13.8 Å². The van der Waals surface area contributed by atoms with Gasteiger partial charge in [-0.3, -0.25) is 19.2 Å². The van der Waals surface area contributed by atoms with Crippen LogP contribution < -0.4 is 0 Å². The second-order valence-electron chi connectivity index (χ2n) is 6.03. The predicted molar refractivity (Wildman–Crippen MR) is 94.5 cm³/mol. The molecule has 2 aromatic carbocycles. The van der Waals surface area contributed by atoms with Crippen molar-refractivity contribution in [3.05, 3.63) is 71.8 Å². The summed E-state index contributed by atoms with van der Waals surface area (Å²) in [5.74, 6) is -3.53. The second-order valence-corrected chi connectivity index (χ2v) is 6.03. The van der Waals surface area contributed by atoms with Gasteiger partial charge in [-0.05, 0) is 13.8 Å². The van der Waals surface area contributed by atoms with Gasteiger partial charge in [0.1, 0.15) is 11.6 Å². The molecular formula is C21H20O4. The summed E-state index contributed by atoms with van der Waals surface area (Å²) in [4.78, 5) is 49.5. The highest BCUT2D eigenvalue weighted by molar-refractivity contribution is 6.10. The summed E-state index contributed by atoms with van der Waals surface area (Å²) in [5, 5.41) is 0. The number of carbonyl (C=O) groups is 4. The molecule has 0 fully saturated rings. The van der Waals surface area contributed by atoms with Crippen LogP contribution in [0.15, 0.2) is 60.7 Å². The van der Waals surface area contributed by atoms with E-state index in [4.69, 9.17) is 0 Å². The molecule has 4 nitrogen and oxygen atoms in total. The van der Waals surface area contributed by atoms with Gasteiger partial charge in [-0.2, -0.15) is 0 Å². The Bertz CT molecular complexity index is 764. The van der Waals surface area contributed by atoms with Crippen molar-refractivity contribution < 1.29 is 19.2 Å². The highest BCUT2D eigenvalue weighted by atomic mass is 16.2. The minimum absolute atomic E-state index is 0.179. The maximum Gasteiger partial charge on any atom is 0.167 e. The molecule has 0 aliphatic carbocycles. The zero-order chi connectivity index (χ0) is 18.4. The lowest BCUT2D eigenvalue weighted by molar-refractivity contribution is -0.131. The van der Waals surface area contributed by atoms with Crippen LogP contribution >= 0.6 is 0 Å². The van der Waals surface area contributed by atoms with E-state index >= 15 is 0 Å². The Kier molecular flexibility index (Phi) is 6.12. The highest BCUT2D eigenvalue weighted by Crippen LogP contribution is 2.25. The van der Waals surface area contributed by atoms with Crippen molar-refractivity contribution in [1.29, 1.82) is 0 Å². The molecule has 0 amide bonds. The van der Waals surface area contributed by atoms with Gasteiger partial charge in [0.2, 0.25) is 0 Å². The van der Waals surface area contributed by atoms with Gasteiger partial charge in [-0.15, -0.1) is 0 Å². The molecule has 1 unspecified atom stereocenters. The van der Waals surface area contributed by atoms with Crippen LogP contribution in [0, 0.1) is 11.8 Å². The molecular weight excluding hydrogens is 316 g/mol. The zero-order valence-corrected chi connectivity index (χ0v) is 14.3. The Labute approximate surface area is 146 Å². The maximum absolute atomic E-state index is 12.9. The molecule has 2 aromatic rings. The smallest absolute Gasteiger partial charge is 0.167 e. The van der Waals surface area contributed by atoms with Crippen molar-refractivity contribution in [1.82, 2.24) is 0 Å². The fourth-order valence-electron chi connectivity index (χ4n) is 2.97. The van der Waals surface area contributed by atoms with Gasteiger partial charge >= 0.3 is 0 Å². The van der Waals surface area contributed by atoms with Gasteiger partial charge in [0.05, 0.1) is 5.92 Å². The van der Waals surface area contributed by atoms with E-state index in [2.05, 4.69) is 0 Å². The summed E-state index contributed by atoms with van der Waals surface area (Å²) in [5.41, 5.74) is 0.847. The van der Waals surface area contributed by atoms with Crippen LogP contribution in [0.4, 0.5) is 0 Å². The van der Waals surface area contributed by atoms with E-state index in [-0.39, 0.29) is 18.0 Å². The third-order valence-corrected chi connectivity index (χ3v) is 4.17. The number of Topliss-reactive ketones (excluding diaryl/α,β-unsaturated/α-hetero) is 4. The van der Waals surface area contributed by atoms with E-state index in [1.54, 1.807) is 60.7 Å². The summed E-state index contributed by atoms with van der Waals surface area (Å²) < 4.78 is 0.